The van der Waals surface area contributed by atoms with Gasteiger partial charge in [-0.2, -0.15) is 0 Å². The smallest absolute Gasteiger partial charge is 0.317 e. The van der Waals surface area contributed by atoms with Crippen LogP contribution in [-0.4, -0.2) is 41.6 Å². The van der Waals surface area contributed by atoms with Crippen molar-refractivity contribution in [2.75, 3.05) is 19.6 Å². The summed E-state index contributed by atoms with van der Waals surface area (Å²) in [7, 11) is 0. The summed E-state index contributed by atoms with van der Waals surface area (Å²) in [5.74, 6) is 0.669. The minimum Gasteiger partial charge on any atom is -0.481 e. The third-order valence-electron chi connectivity index (χ3n) is 4.43. The average Bonchev–Trinajstić information content (AvgIpc) is 3.26. The van der Waals surface area contributed by atoms with E-state index in [1.165, 1.54) is 19.3 Å². The van der Waals surface area contributed by atoms with E-state index in [9.17, 15) is 9.59 Å². The molecule has 2 fully saturated rings. The van der Waals surface area contributed by atoms with Gasteiger partial charge in [0.05, 0.1) is 0 Å². The Hall–Kier alpha value is -1.26. The van der Waals surface area contributed by atoms with Gasteiger partial charge >= 0.3 is 12.0 Å². The van der Waals surface area contributed by atoms with Crippen molar-refractivity contribution in [1.29, 1.82) is 0 Å². The molecule has 1 aliphatic carbocycles. The van der Waals surface area contributed by atoms with E-state index in [4.69, 9.17) is 5.11 Å². The van der Waals surface area contributed by atoms with Gasteiger partial charge in [0.25, 0.3) is 0 Å². The number of carbonyl (C=O) groups excluding carboxylic acids is 1. The summed E-state index contributed by atoms with van der Waals surface area (Å²) in [5.41, 5.74) is 0. The number of carboxylic acid groups (broad SMARTS) is 1. The molecule has 5 heteroatoms. The monoisotopic (exact) mass is 282 g/mol. The van der Waals surface area contributed by atoms with Gasteiger partial charge in [-0.05, 0) is 43.9 Å². The fourth-order valence-electron chi connectivity index (χ4n) is 2.86. The molecule has 5 nitrogen and oxygen atoms in total. The first-order chi connectivity index (χ1) is 9.65. The number of carbonyl (C=O) groups is 2. The molecule has 0 bridgehead atoms. The predicted molar refractivity (Wildman–Crippen MR) is 76.5 cm³/mol. The lowest BCUT2D eigenvalue weighted by atomic mass is 9.92. The fraction of sp³-hybridized carbons (Fsp3) is 0.867. The van der Waals surface area contributed by atoms with Gasteiger partial charge in [-0.25, -0.2) is 4.79 Å². The molecule has 2 rings (SSSR count). The van der Waals surface area contributed by atoms with Crippen LogP contribution < -0.4 is 5.32 Å². The standard InChI is InChI=1S/C15H26N2O3/c18-14(19)6-5-13-7-10-17(11-8-13)15(20)16-9-1-2-12-3-4-12/h12-13H,1-11H2,(H,16,20)(H,18,19). The van der Waals surface area contributed by atoms with Gasteiger partial charge < -0.3 is 15.3 Å². The topological polar surface area (TPSA) is 69.6 Å². The van der Waals surface area contributed by atoms with E-state index in [0.717, 1.165) is 51.2 Å². The Morgan fingerprint density at radius 3 is 2.30 bits per heavy atom. The Labute approximate surface area is 120 Å². The number of carboxylic acids is 1. The van der Waals surface area contributed by atoms with Crippen LogP contribution in [0.4, 0.5) is 4.79 Å². The molecule has 1 aliphatic heterocycles. The fourth-order valence-corrected chi connectivity index (χ4v) is 2.86. The van der Waals surface area contributed by atoms with Crippen molar-refractivity contribution in [3.63, 3.8) is 0 Å². The highest BCUT2D eigenvalue weighted by Gasteiger charge is 2.23. The highest BCUT2D eigenvalue weighted by Crippen LogP contribution is 2.33. The number of amides is 2. The number of aliphatic carboxylic acids is 1. The molecule has 114 valence electrons. The second-order valence-corrected chi connectivity index (χ2v) is 6.18. The number of nitrogens with zero attached hydrogens (tertiary/aromatic N) is 1. The molecule has 1 saturated carbocycles. The molecule has 0 unspecified atom stereocenters. The highest BCUT2D eigenvalue weighted by molar-refractivity contribution is 5.74. The molecule has 0 aromatic heterocycles. The second kappa shape index (κ2) is 7.50. The van der Waals surface area contributed by atoms with Gasteiger partial charge in [0.15, 0.2) is 0 Å². The number of likely N-dealkylation sites (tertiary alicyclic amines) is 1. The Morgan fingerprint density at radius 1 is 1.05 bits per heavy atom. The van der Waals surface area contributed by atoms with E-state index in [-0.39, 0.29) is 12.5 Å². The quantitative estimate of drug-likeness (QED) is 0.705. The molecule has 2 amide bonds. The number of piperidine rings is 1. The lowest BCUT2D eigenvalue weighted by molar-refractivity contribution is -0.137. The number of hydrogen-bond donors (Lipinski definition) is 2. The van der Waals surface area contributed by atoms with Crippen LogP contribution in [0.5, 0.6) is 0 Å². The van der Waals surface area contributed by atoms with Crippen molar-refractivity contribution >= 4 is 12.0 Å². The third-order valence-corrected chi connectivity index (χ3v) is 4.43. The minimum atomic E-state index is -0.721. The average molecular weight is 282 g/mol. The van der Waals surface area contributed by atoms with Crippen LogP contribution in [0.25, 0.3) is 0 Å². The first kappa shape index (κ1) is 15.1. The van der Waals surface area contributed by atoms with Gasteiger partial charge in [-0.1, -0.05) is 12.8 Å². The van der Waals surface area contributed by atoms with Crippen molar-refractivity contribution in [2.24, 2.45) is 11.8 Å². The molecule has 20 heavy (non-hydrogen) atoms. The summed E-state index contributed by atoms with van der Waals surface area (Å²) in [4.78, 5) is 24.4. The van der Waals surface area contributed by atoms with Gasteiger partial charge in [-0.15, -0.1) is 0 Å². The summed E-state index contributed by atoms with van der Waals surface area (Å²) in [6.45, 7) is 2.31. The molecule has 0 aromatic rings. The summed E-state index contributed by atoms with van der Waals surface area (Å²) in [6.07, 6.45) is 7.94. The van der Waals surface area contributed by atoms with Crippen LogP contribution in [0.3, 0.4) is 0 Å². The summed E-state index contributed by atoms with van der Waals surface area (Å²) >= 11 is 0. The molecule has 1 heterocycles. The molecule has 0 spiro atoms. The zero-order valence-electron chi connectivity index (χ0n) is 12.1. The summed E-state index contributed by atoms with van der Waals surface area (Å²) in [5, 5.41) is 11.7. The maximum atomic E-state index is 12.0. The lowest BCUT2D eigenvalue weighted by Gasteiger charge is -2.31. The molecule has 1 saturated heterocycles. The molecule has 2 N–H and O–H groups in total. The molecule has 0 atom stereocenters. The summed E-state index contributed by atoms with van der Waals surface area (Å²) < 4.78 is 0. The van der Waals surface area contributed by atoms with E-state index in [1.54, 1.807) is 0 Å². The van der Waals surface area contributed by atoms with Crippen LogP contribution in [-0.2, 0) is 4.79 Å². The zero-order chi connectivity index (χ0) is 14.4. The minimum absolute atomic E-state index is 0.0532. The van der Waals surface area contributed by atoms with E-state index >= 15 is 0 Å². The molecular weight excluding hydrogens is 256 g/mol. The third kappa shape index (κ3) is 5.39. The van der Waals surface area contributed by atoms with E-state index < -0.39 is 5.97 Å². The van der Waals surface area contributed by atoms with Gasteiger partial charge in [-0.3, -0.25) is 4.79 Å². The maximum Gasteiger partial charge on any atom is 0.317 e. The number of rotatable bonds is 7. The van der Waals surface area contributed by atoms with Crippen LogP contribution in [0.2, 0.25) is 0 Å². The van der Waals surface area contributed by atoms with Crippen LogP contribution in [0.15, 0.2) is 0 Å². The molecule has 0 radical (unpaired) electrons. The highest BCUT2D eigenvalue weighted by atomic mass is 16.4. The Bertz CT molecular complexity index is 334. The number of nitrogens with one attached hydrogen (secondary N) is 1. The van der Waals surface area contributed by atoms with E-state index in [0.29, 0.717) is 5.92 Å². The number of hydrogen-bond acceptors (Lipinski definition) is 2. The molecule has 0 aromatic carbocycles. The second-order valence-electron chi connectivity index (χ2n) is 6.18. The van der Waals surface area contributed by atoms with Crippen molar-refractivity contribution in [3.05, 3.63) is 0 Å². The number of urea groups is 1. The largest absolute Gasteiger partial charge is 0.481 e. The van der Waals surface area contributed by atoms with Gasteiger partial charge in [0.2, 0.25) is 0 Å². The predicted octanol–water partition coefficient (Wildman–Crippen LogP) is 2.46. The Balaban J connectivity index is 1.54. The lowest BCUT2D eigenvalue weighted by Crippen LogP contribution is -2.44. The first-order valence-electron chi connectivity index (χ1n) is 7.89. The van der Waals surface area contributed by atoms with Crippen molar-refractivity contribution in [3.8, 4) is 0 Å². The normalized spacial score (nSPS) is 19.9. The van der Waals surface area contributed by atoms with E-state index in [2.05, 4.69) is 5.32 Å². The van der Waals surface area contributed by atoms with Crippen LogP contribution in [0.1, 0.15) is 51.4 Å². The van der Waals surface area contributed by atoms with Gasteiger partial charge in [0, 0.05) is 26.1 Å². The zero-order valence-corrected chi connectivity index (χ0v) is 12.1. The van der Waals surface area contributed by atoms with Gasteiger partial charge in [0.1, 0.15) is 0 Å². The molecular formula is C15H26N2O3. The first-order valence-corrected chi connectivity index (χ1v) is 7.89. The Kier molecular flexibility index (Phi) is 5.68. The van der Waals surface area contributed by atoms with Crippen LogP contribution >= 0.6 is 0 Å². The van der Waals surface area contributed by atoms with Crippen molar-refractivity contribution in [1.82, 2.24) is 10.2 Å². The molecule has 2 aliphatic rings. The van der Waals surface area contributed by atoms with Crippen LogP contribution in [0, 0.1) is 11.8 Å². The van der Waals surface area contributed by atoms with Crippen molar-refractivity contribution < 1.29 is 14.7 Å². The summed E-state index contributed by atoms with van der Waals surface area (Å²) in [6, 6.07) is 0.0532. The maximum absolute atomic E-state index is 12.0. The van der Waals surface area contributed by atoms with E-state index in [1.807, 2.05) is 4.90 Å². The van der Waals surface area contributed by atoms with Crippen molar-refractivity contribution in [2.45, 2.75) is 51.4 Å². The Morgan fingerprint density at radius 2 is 1.70 bits per heavy atom. The SMILES string of the molecule is O=C(O)CCC1CCN(C(=O)NCCCC2CC2)CC1.